The number of phenolic OH excluding ortho intramolecular Hbond substituents is 1. The van der Waals surface area contributed by atoms with Gasteiger partial charge in [0.1, 0.15) is 5.75 Å². The molecule has 12 heavy (non-hydrogen) atoms. The van der Waals surface area contributed by atoms with Crippen molar-refractivity contribution >= 4 is 15.9 Å². The first-order valence-corrected chi connectivity index (χ1v) is 4.31. The fourth-order valence-electron chi connectivity index (χ4n) is 0.921. The smallest absolute Gasteiger partial charge is 0.130 e. The van der Waals surface area contributed by atoms with Crippen LogP contribution in [0.2, 0.25) is 0 Å². The molecule has 0 aliphatic heterocycles. The molecule has 1 atom stereocenters. The van der Waals surface area contributed by atoms with E-state index in [1.807, 2.05) is 0 Å². The first-order valence-electron chi connectivity index (χ1n) is 3.52. The summed E-state index contributed by atoms with van der Waals surface area (Å²) in [5.74, 6) is 0.111. The van der Waals surface area contributed by atoms with Crippen LogP contribution in [0.4, 0.5) is 0 Å². The Bertz CT molecular complexity index is 278. The largest absolute Gasteiger partial charge is 0.507 e. The molecule has 1 aromatic rings. The second kappa shape index (κ2) is 3.89. The Hall–Kier alpha value is -0.580. The highest BCUT2D eigenvalue weighted by Gasteiger charge is 2.11. The molecular formula is C8H10BrNO2. The van der Waals surface area contributed by atoms with E-state index in [1.54, 1.807) is 12.1 Å². The van der Waals surface area contributed by atoms with Gasteiger partial charge < -0.3 is 15.9 Å². The van der Waals surface area contributed by atoms with Crippen molar-refractivity contribution in [1.29, 1.82) is 0 Å². The van der Waals surface area contributed by atoms with Crippen molar-refractivity contribution in [2.45, 2.75) is 6.10 Å². The zero-order chi connectivity index (χ0) is 9.14. The fraction of sp³-hybridized carbons (Fsp3) is 0.250. The summed E-state index contributed by atoms with van der Waals surface area (Å²) in [5, 5.41) is 18.6. The topological polar surface area (TPSA) is 66.5 Å². The van der Waals surface area contributed by atoms with E-state index in [2.05, 4.69) is 15.9 Å². The first kappa shape index (κ1) is 9.51. The van der Waals surface area contributed by atoms with Crippen LogP contribution in [0.1, 0.15) is 11.7 Å². The Balaban J connectivity index is 3.07. The number of aliphatic hydroxyl groups is 1. The van der Waals surface area contributed by atoms with Crippen LogP contribution < -0.4 is 5.73 Å². The summed E-state index contributed by atoms with van der Waals surface area (Å²) in [5.41, 5.74) is 5.88. The lowest BCUT2D eigenvalue weighted by Gasteiger charge is -2.10. The molecule has 3 nitrogen and oxygen atoms in total. The summed E-state index contributed by atoms with van der Waals surface area (Å²) in [4.78, 5) is 0. The van der Waals surface area contributed by atoms with Gasteiger partial charge >= 0.3 is 0 Å². The van der Waals surface area contributed by atoms with Crippen LogP contribution in [0.25, 0.3) is 0 Å². The Morgan fingerprint density at radius 2 is 2.17 bits per heavy atom. The van der Waals surface area contributed by atoms with Gasteiger partial charge in [0.15, 0.2) is 0 Å². The highest BCUT2D eigenvalue weighted by atomic mass is 79.9. The van der Waals surface area contributed by atoms with Crippen molar-refractivity contribution in [2.24, 2.45) is 5.73 Å². The molecule has 0 aromatic heterocycles. The molecule has 0 bridgehead atoms. The molecule has 0 heterocycles. The maximum absolute atomic E-state index is 9.37. The molecular weight excluding hydrogens is 222 g/mol. The van der Waals surface area contributed by atoms with E-state index in [-0.39, 0.29) is 12.3 Å². The molecule has 0 aliphatic rings. The highest BCUT2D eigenvalue weighted by molar-refractivity contribution is 9.10. The lowest BCUT2D eigenvalue weighted by atomic mass is 10.1. The Morgan fingerprint density at radius 3 is 2.75 bits per heavy atom. The summed E-state index contributed by atoms with van der Waals surface area (Å²) in [6, 6.07) is 4.91. The van der Waals surface area contributed by atoms with Gasteiger partial charge in [-0.25, -0.2) is 0 Å². The number of aliphatic hydroxyl groups excluding tert-OH is 1. The van der Waals surface area contributed by atoms with Gasteiger partial charge in [0.2, 0.25) is 0 Å². The predicted molar refractivity (Wildman–Crippen MR) is 49.8 cm³/mol. The third-order valence-corrected chi connectivity index (χ3v) is 2.45. The van der Waals surface area contributed by atoms with E-state index in [4.69, 9.17) is 5.73 Å². The predicted octanol–water partition coefficient (Wildman–Crippen LogP) is 1.15. The van der Waals surface area contributed by atoms with Crippen molar-refractivity contribution in [1.82, 2.24) is 0 Å². The zero-order valence-corrected chi connectivity index (χ0v) is 7.95. The SMILES string of the molecule is NC[C@H](O)c1cccc(O)c1Br. The summed E-state index contributed by atoms with van der Waals surface area (Å²) >= 11 is 3.16. The standard InChI is InChI=1S/C8H10BrNO2/c9-8-5(7(12)4-10)2-1-3-6(8)11/h1-3,7,11-12H,4,10H2/t7-/m0/s1. The van der Waals surface area contributed by atoms with Crippen molar-refractivity contribution < 1.29 is 10.2 Å². The van der Waals surface area contributed by atoms with Gasteiger partial charge in [-0.1, -0.05) is 12.1 Å². The highest BCUT2D eigenvalue weighted by Crippen LogP contribution is 2.30. The first-order chi connectivity index (χ1) is 5.66. The third kappa shape index (κ3) is 1.77. The van der Waals surface area contributed by atoms with Gasteiger partial charge in [-0.05, 0) is 27.6 Å². The monoisotopic (exact) mass is 231 g/mol. The summed E-state index contributed by atoms with van der Waals surface area (Å²) in [6.07, 6.45) is -0.730. The second-order valence-electron chi connectivity index (χ2n) is 2.43. The molecule has 0 fully saturated rings. The third-order valence-electron chi connectivity index (χ3n) is 1.59. The maximum Gasteiger partial charge on any atom is 0.130 e. The minimum Gasteiger partial charge on any atom is -0.507 e. The van der Waals surface area contributed by atoms with E-state index in [1.165, 1.54) is 6.07 Å². The molecule has 0 saturated carbocycles. The van der Waals surface area contributed by atoms with Crippen molar-refractivity contribution in [3.8, 4) is 5.75 Å². The Labute approximate surface area is 79.0 Å². The van der Waals surface area contributed by atoms with Crippen LogP contribution in [0.15, 0.2) is 22.7 Å². The Morgan fingerprint density at radius 1 is 1.50 bits per heavy atom. The van der Waals surface area contributed by atoms with Crippen molar-refractivity contribution in [3.63, 3.8) is 0 Å². The average Bonchev–Trinajstić information content (AvgIpc) is 2.08. The molecule has 4 N–H and O–H groups in total. The lowest BCUT2D eigenvalue weighted by Crippen LogP contribution is -2.11. The van der Waals surface area contributed by atoms with Gasteiger partial charge in [0.05, 0.1) is 10.6 Å². The Kier molecular flexibility index (Phi) is 3.08. The number of rotatable bonds is 2. The number of phenols is 1. The number of nitrogens with two attached hydrogens (primary N) is 1. The van der Waals surface area contributed by atoms with Crippen molar-refractivity contribution in [2.75, 3.05) is 6.54 Å². The molecule has 0 unspecified atom stereocenters. The lowest BCUT2D eigenvalue weighted by molar-refractivity contribution is 0.185. The summed E-state index contributed by atoms with van der Waals surface area (Å²) in [6.45, 7) is 0.141. The minimum atomic E-state index is -0.730. The van der Waals surface area contributed by atoms with Crippen LogP contribution in [-0.4, -0.2) is 16.8 Å². The van der Waals surface area contributed by atoms with E-state index >= 15 is 0 Å². The summed E-state index contributed by atoms with van der Waals surface area (Å²) < 4.78 is 0.503. The van der Waals surface area contributed by atoms with Crippen molar-refractivity contribution in [3.05, 3.63) is 28.2 Å². The van der Waals surface area contributed by atoms with E-state index in [0.717, 1.165) is 0 Å². The summed E-state index contributed by atoms with van der Waals surface area (Å²) in [7, 11) is 0. The van der Waals surface area contributed by atoms with Gasteiger partial charge in [0, 0.05) is 6.54 Å². The van der Waals surface area contributed by atoms with E-state index in [9.17, 15) is 10.2 Å². The molecule has 0 spiro atoms. The van der Waals surface area contributed by atoms with Gasteiger partial charge in [-0.2, -0.15) is 0 Å². The zero-order valence-electron chi connectivity index (χ0n) is 6.37. The molecule has 1 aromatic carbocycles. The normalized spacial score (nSPS) is 12.9. The second-order valence-corrected chi connectivity index (χ2v) is 3.22. The number of aromatic hydroxyl groups is 1. The van der Waals surface area contributed by atoms with Gasteiger partial charge in [-0.3, -0.25) is 0 Å². The average molecular weight is 232 g/mol. The molecule has 0 amide bonds. The number of halogens is 1. The minimum absolute atomic E-state index is 0.111. The van der Waals surface area contributed by atoms with Gasteiger partial charge in [0.25, 0.3) is 0 Å². The fourth-order valence-corrected chi connectivity index (χ4v) is 1.45. The van der Waals surface area contributed by atoms with Crippen LogP contribution in [0, 0.1) is 0 Å². The number of hydrogen-bond donors (Lipinski definition) is 3. The number of hydrogen-bond acceptors (Lipinski definition) is 3. The van der Waals surface area contributed by atoms with Crippen LogP contribution in [0.3, 0.4) is 0 Å². The van der Waals surface area contributed by atoms with E-state index < -0.39 is 6.10 Å². The quantitative estimate of drug-likeness (QED) is 0.716. The van der Waals surface area contributed by atoms with Gasteiger partial charge in [-0.15, -0.1) is 0 Å². The molecule has 0 radical (unpaired) electrons. The molecule has 4 heteroatoms. The molecule has 0 saturated heterocycles. The molecule has 66 valence electrons. The van der Waals surface area contributed by atoms with Crippen LogP contribution in [-0.2, 0) is 0 Å². The maximum atomic E-state index is 9.37. The van der Waals surface area contributed by atoms with Crippen LogP contribution in [0.5, 0.6) is 5.75 Å². The van der Waals surface area contributed by atoms with Crippen LogP contribution >= 0.6 is 15.9 Å². The number of benzene rings is 1. The van der Waals surface area contributed by atoms with E-state index in [0.29, 0.717) is 10.0 Å². The molecule has 0 aliphatic carbocycles. The molecule has 1 rings (SSSR count).